The number of hydrogen-bond acceptors (Lipinski definition) is 5. The van der Waals surface area contributed by atoms with E-state index in [1.807, 2.05) is 51.1 Å². The summed E-state index contributed by atoms with van der Waals surface area (Å²) in [5.74, 6) is -1.36. The predicted molar refractivity (Wildman–Crippen MR) is 178 cm³/mol. The molecule has 0 aromatic heterocycles. The fourth-order valence-electron chi connectivity index (χ4n) is 4.93. The Hall–Kier alpha value is -4.41. The van der Waals surface area contributed by atoms with Gasteiger partial charge in [-0.25, -0.2) is 12.8 Å². The minimum Gasteiger partial charge on any atom is -0.495 e. The third-order valence-corrected chi connectivity index (χ3v) is 9.27. The summed E-state index contributed by atoms with van der Waals surface area (Å²) in [6.07, 6.45) is 0.150. The minimum atomic E-state index is -4.35. The number of carbonyl (C=O) groups is 2. The van der Waals surface area contributed by atoms with Gasteiger partial charge in [0.1, 0.15) is 24.2 Å². The van der Waals surface area contributed by atoms with Crippen molar-refractivity contribution in [2.24, 2.45) is 0 Å². The van der Waals surface area contributed by atoms with Crippen LogP contribution in [0.15, 0.2) is 102 Å². The second-order valence-electron chi connectivity index (χ2n) is 11.2. The molecule has 0 bridgehead atoms. The van der Waals surface area contributed by atoms with Crippen LogP contribution in [0.5, 0.6) is 5.75 Å². The van der Waals surface area contributed by atoms with Crippen molar-refractivity contribution in [1.82, 2.24) is 10.2 Å². The molecular weight excluding hydrogens is 629 g/mol. The molecule has 0 aliphatic carbocycles. The van der Waals surface area contributed by atoms with Gasteiger partial charge in [0.05, 0.1) is 17.7 Å². The van der Waals surface area contributed by atoms with E-state index in [0.29, 0.717) is 5.56 Å². The van der Waals surface area contributed by atoms with Crippen LogP contribution < -0.4 is 14.4 Å². The summed E-state index contributed by atoms with van der Waals surface area (Å²) in [6, 6.07) is 24.3. The van der Waals surface area contributed by atoms with Crippen molar-refractivity contribution in [3.05, 3.63) is 125 Å². The van der Waals surface area contributed by atoms with Crippen LogP contribution in [0.2, 0.25) is 5.02 Å². The molecule has 0 aliphatic rings. The number of amides is 2. The Labute approximate surface area is 274 Å². The van der Waals surface area contributed by atoms with Gasteiger partial charge in [0, 0.05) is 24.0 Å². The molecule has 0 radical (unpaired) electrons. The highest BCUT2D eigenvalue weighted by Gasteiger charge is 2.36. The quantitative estimate of drug-likeness (QED) is 0.185. The maximum Gasteiger partial charge on any atom is 0.264 e. The molecule has 0 unspecified atom stereocenters. The number of ether oxygens (including phenoxy) is 1. The molecular formula is C35H37ClFN3O5S. The first kappa shape index (κ1) is 34.5. The van der Waals surface area contributed by atoms with Gasteiger partial charge >= 0.3 is 0 Å². The van der Waals surface area contributed by atoms with E-state index < -0.39 is 40.2 Å². The number of sulfonamides is 1. The van der Waals surface area contributed by atoms with Gasteiger partial charge in [-0.2, -0.15) is 0 Å². The Balaban J connectivity index is 1.85. The van der Waals surface area contributed by atoms with Crippen LogP contribution in [-0.2, 0) is 32.6 Å². The zero-order valence-corrected chi connectivity index (χ0v) is 27.7. The van der Waals surface area contributed by atoms with Crippen molar-refractivity contribution in [2.75, 3.05) is 18.0 Å². The van der Waals surface area contributed by atoms with Crippen molar-refractivity contribution in [3.63, 3.8) is 0 Å². The molecule has 0 heterocycles. The average molecular weight is 666 g/mol. The summed E-state index contributed by atoms with van der Waals surface area (Å²) >= 11 is 6.33. The maximum absolute atomic E-state index is 14.5. The molecule has 4 rings (SSSR count). The maximum atomic E-state index is 14.5. The van der Waals surface area contributed by atoms with Crippen LogP contribution in [0.25, 0.3) is 0 Å². The monoisotopic (exact) mass is 665 g/mol. The zero-order chi connectivity index (χ0) is 33.4. The molecule has 4 aromatic rings. The Kier molecular flexibility index (Phi) is 11.4. The highest BCUT2D eigenvalue weighted by molar-refractivity contribution is 7.92. The van der Waals surface area contributed by atoms with Crippen LogP contribution in [0.1, 0.15) is 30.5 Å². The molecule has 46 heavy (non-hydrogen) atoms. The largest absolute Gasteiger partial charge is 0.495 e. The molecule has 2 amide bonds. The SMILES string of the molecule is COc1ccc(Cl)cc1N(CC(=O)N(Cc1ccc(F)cc1)[C@H](Cc1ccccc1)C(=O)NC(C)C)S(=O)(=O)c1ccc(C)cc1. The first-order chi connectivity index (χ1) is 21.9. The number of nitrogens with zero attached hydrogens (tertiary/aromatic N) is 2. The van der Waals surface area contributed by atoms with E-state index in [1.165, 1.54) is 60.5 Å². The number of anilines is 1. The summed E-state index contributed by atoms with van der Waals surface area (Å²) in [4.78, 5) is 29.6. The van der Waals surface area contributed by atoms with E-state index in [2.05, 4.69) is 5.32 Å². The van der Waals surface area contributed by atoms with E-state index in [9.17, 15) is 22.4 Å². The highest BCUT2D eigenvalue weighted by Crippen LogP contribution is 2.35. The number of aryl methyl sites for hydroxylation is 1. The van der Waals surface area contributed by atoms with Crippen LogP contribution in [0.3, 0.4) is 0 Å². The van der Waals surface area contributed by atoms with Gasteiger partial charge in [-0.15, -0.1) is 0 Å². The molecule has 1 N–H and O–H groups in total. The fraction of sp³-hybridized carbons (Fsp3) is 0.257. The summed E-state index contributed by atoms with van der Waals surface area (Å²) in [5, 5.41) is 3.13. The van der Waals surface area contributed by atoms with Crippen LogP contribution in [0, 0.1) is 12.7 Å². The number of rotatable bonds is 13. The van der Waals surface area contributed by atoms with Gasteiger partial charge in [-0.3, -0.25) is 13.9 Å². The van der Waals surface area contributed by atoms with Gasteiger partial charge in [-0.05, 0) is 74.4 Å². The molecule has 8 nitrogen and oxygen atoms in total. The number of methoxy groups -OCH3 is 1. The average Bonchev–Trinajstić information content (AvgIpc) is 3.02. The van der Waals surface area contributed by atoms with E-state index in [1.54, 1.807) is 18.2 Å². The number of hydrogen-bond donors (Lipinski definition) is 1. The predicted octanol–water partition coefficient (Wildman–Crippen LogP) is 6.16. The Morgan fingerprint density at radius 1 is 0.913 bits per heavy atom. The Morgan fingerprint density at radius 3 is 2.17 bits per heavy atom. The van der Waals surface area contributed by atoms with Crippen LogP contribution in [-0.4, -0.2) is 50.9 Å². The van der Waals surface area contributed by atoms with Crippen molar-refractivity contribution >= 4 is 39.1 Å². The van der Waals surface area contributed by atoms with Crippen molar-refractivity contribution < 1.29 is 27.1 Å². The first-order valence-corrected chi connectivity index (χ1v) is 16.5. The molecule has 1 atom stereocenters. The standard InChI is InChI=1S/C35H37ClFN3O5S/c1-24(2)38-35(42)32(20-26-8-6-5-7-9-26)39(22-27-12-15-29(37)16-13-27)34(41)23-40(31-21-28(36)14-19-33(31)45-4)46(43,44)30-17-10-25(3)11-18-30/h5-19,21,24,32H,20,22-23H2,1-4H3,(H,38,42)/t32-/m1/s1. The third kappa shape index (κ3) is 8.64. The van der Waals surface area contributed by atoms with Gasteiger partial charge < -0.3 is 15.0 Å². The summed E-state index contributed by atoms with van der Waals surface area (Å²) < 4.78 is 48.8. The number of benzene rings is 4. The van der Waals surface area contributed by atoms with Crippen LogP contribution in [0.4, 0.5) is 10.1 Å². The van der Waals surface area contributed by atoms with Gasteiger partial charge in [0.15, 0.2) is 0 Å². The lowest BCUT2D eigenvalue weighted by atomic mass is 10.0. The highest BCUT2D eigenvalue weighted by atomic mass is 35.5. The molecule has 0 aliphatic heterocycles. The summed E-state index contributed by atoms with van der Waals surface area (Å²) in [7, 11) is -2.97. The van der Waals surface area contributed by atoms with Crippen molar-refractivity contribution in [2.45, 2.75) is 50.7 Å². The van der Waals surface area contributed by atoms with Crippen molar-refractivity contribution in [1.29, 1.82) is 0 Å². The van der Waals surface area contributed by atoms with E-state index in [0.717, 1.165) is 15.4 Å². The van der Waals surface area contributed by atoms with Gasteiger partial charge in [-0.1, -0.05) is 71.8 Å². The Morgan fingerprint density at radius 2 is 1.57 bits per heavy atom. The summed E-state index contributed by atoms with van der Waals surface area (Å²) in [6.45, 7) is 4.68. The molecule has 0 saturated heterocycles. The van der Waals surface area contributed by atoms with Crippen molar-refractivity contribution in [3.8, 4) is 5.75 Å². The lowest BCUT2D eigenvalue weighted by Crippen LogP contribution is -2.54. The molecule has 4 aromatic carbocycles. The van der Waals surface area contributed by atoms with Crippen LogP contribution >= 0.6 is 11.6 Å². The topological polar surface area (TPSA) is 96.0 Å². The third-order valence-electron chi connectivity index (χ3n) is 7.27. The smallest absolute Gasteiger partial charge is 0.264 e. The lowest BCUT2D eigenvalue weighted by molar-refractivity contribution is -0.140. The zero-order valence-electron chi connectivity index (χ0n) is 26.1. The summed E-state index contributed by atoms with van der Waals surface area (Å²) in [5.41, 5.74) is 2.26. The Bertz CT molecular complexity index is 1750. The van der Waals surface area contributed by atoms with Gasteiger partial charge in [0.25, 0.3) is 10.0 Å². The molecule has 0 spiro atoms. The van der Waals surface area contributed by atoms with E-state index in [4.69, 9.17) is 16.3 Å². The molecule has 0 saturated carbocycles. The molecule has 242 valence electrons. The molecule has 0 fully saturated rings. The normalized spacial score (nSPS) is 12.0. The second-order valence-corrected chi connectivity index (χ2v) is 13.5. The minimum absolute atomic E-state index is 0.0450. The first-order valence-electron chi connectivity index (χ1n) is 14.7. The molecule has 11 heteroatoms. The van der Waals surface area contributed by atoms with E-state index in [-0.39, 0.29) is 40.4 Å². The van der Waals surface area contributed by atoms with E-state index >= 15 is 0 Å². The van der Waals surface area contributed by atoms with Gasteiger partial charge in [0.2, 0.25) is 11.8 Å². The lowest BCUT2D eigenvalue weighted by Gasteiger charge is -2.34. The second kappa shape index (κ2) is 15.2. The number of nitrogens with one attached hydrogen (secondary N) is 1. The number of halogens is 2. The fourth-order valence-corrected chi connectivity index (χ4v) is 6.51. The number of carbonyl (C=O) groups excluding carboxylic acids is 2.